The average molecular weight is 302 g/mol. The summed E-state index contributed by atoms with van der Waals surface area (Å²) in [6.45, 7) is 0. The van der Waals surface area contributed by atoms with Gasteiger partial charge in [0.25, 0.3) is 0 Å². The predicted octanol–water partition coefficient (Wildman–Crippen LogP) is 1.91. The molecule has 0 aliphatic rings. The first-order chi connectivity index (χ1) is 7.52. The molecule has 2 N–H and O–H groups in total. The topological polar surface area (TPSA) is 74.6 Å². The predicted molar refractivity (Wildman–Crippen MR) is 75.0 cm³/mol. The van der Waals surface area contributed by atoms with Crippen LogP contribution in [0.15, 0.2) is 0 Å². The smallest absolute Gasteiger partial charge is 0.317 e. The van der Waals surface area contributed by atoms with Crippen LogP contribution in [0.3, 0.4) is 0 Å². The van der Waals surface area contributed by atoms with Crippen LogP contribution in [0.4, 0.5) is 0 Å². The maximum Gasteiger partial charge on any atom is 0.317 e. The quantitative estimate of drug-likeness (QED) is 0.385. The van der Waals surface area contributed by atoms with Crippen LogP contribution < -0.4 is 0 Å². The summed E-state index contributed by atoms with van der Waals surface area (Å²) < 4.78 is 0. The van der Waals surface area contributed by atoms with Crippen LogP contribution >= 0.6 is 46.8 Å². The molecule has 0 amide bonds. The Morgan fingerprint density at radius 3 is 1.44 bits per heavy atom. The number of rotatable bonds is 9. The summed E-state index contributed by atoms with van der Waals surface area (Å²) in [5, 5.41) is 16.5. The molecule has 2 atom stereocenters. The molecule has 0 aromatic rings. The zero-order valence-electron chi connectivity index (χ0n) is 8.40. The summed E-state index contributed by atoms with van der Waals surface area (Å²) in [5.41, 5.74) is 0. The summed E-state index contributed by atoms with van der Waals surface area (Å²) >= 11 is 7.93. The van der Waals surface area contributed by atoms with E-state index in [9.17, 15) is 9.59 Å². The van der Waals surface area contributed by atoms with Crippen LogP contribution in [0.2, 0.25) is 0 Å². The fourth-order valence-corrected chi connectivity index (χ4v) is 4.40. The summed E-state index contributed by atoms with van der Waals surface area (Å²) in [6.07, 6.45) is 0.840. The Labute approximate surface area is 113 Å². The molecule has 0 saturated carbocycles. The van der Waals surface area contributed by atoms with Gasteiger partial charge in [0.05, 0.1) is 0 Å². The highest BCUT2D eigenvalue weighted by Gasteiger charge is 2.23. The maximum atomic E-state index is 10.8. The molecule has 0 rings (SSSR count). The van der Waals surface area contributed by atoms with Gasteiger partial charge in [0.15, 0.2) is 0 Å². The van der Waals surface area contributed by atoms with Gasteiger partial charge in [0, 0.05) is 0 Å². The number of carboxylic acids is 2. The van der Waals surface area contributed by atoms with Crippen LogP contribution in [0.25, 0.3) is 0 Å². The van der Waals surface area contributed by atoms with Gasteiger partial charge in [-0.3, -0.25) is 9.59 Å². The van der Waals surface area contributed by atoms with Gasteiger partial charge in [-0.25, -0.2) is 0 Å². The summed E-state index contributed by atoms with van der Waals surface area (Å²) in [7, 11) is 2.17. The molecule has 4 nitrogen and oxygen atoms in total. The number of hydrogen-bond donors (Lipinski definition) is 4. The lowest BCUT2D eigenvalue weighted by Gasteiger charge is -2.13. The van der Waals surface area contributed by atoms with Crippen molar-refractivity contribution in [3.63, 3.8) is 0 Å². The van der Waals surface area contributed by atoms with Crippen molar-refractivity contribution >= 4 is 58.8 Å². The molecular weight excluding hydrogens is 288 g/mol. The van der Waals surface area contributed by atoms with E-state index in [2.05, 4.69) is 25.3 Å². The number of carbonyl (C=O) groups is 2. The van der Waals surface area contributed by atoms with Crippen molar-refractivity contribution < 1.29 is 19.8 Å². The second-order valence-corrected chi connectivity index (χ2v) is 6.44. The van der Waals surface area contributed by atoms with E-state index in [1.54, 1.807) is 0 Å². The van der Waals surface area contributed by atoms with Gasteiger partial charge in [0.2, 0.25) is 0 Å². The first kappa shape index (κ1) is 16.3. The molecule has 0 aliphatic carbocycles. The second kappa shape index (κ2) is 9.38. The third-order valence-corrected chi connectivity index (χ3v) is 5.32. The van der Waals surface area contributed by atoms with Crippen molar-refractivity contribution in [2.24, 2.45) is 0 Å². The van der Waals surface area contributed by atoms with Gasteiger partial charge < -0.3 is 10.2 Å². The normalized spacial score (nSPS) is 14.4. The molecule has 0 aromatic heterocycles. The molecule has 0 radical (unpaired) electrons. The third-order valence-electron chi connectivity index (χ3n) is 1.62. The first-order valence-corrected chi connectivity index (χ1v) is 8.06. The minimum absolute atomic E-state index is 0.420. The van der Waals surface area contributed by atoms with E-state index in [4.69, 9.17) is 10.2 Å². The molecule has 0 bridgehead atoms. The molecule has 0 saturated heterocycles. The molecule has 2 unspecified atom stereocenters. The van der Waals surface area contributed by atoms with Crippen molar-refractivity contribution in [2.45, 2.75) is 23.3 Å². The summed E-state index contributed by atoms with van der Waals surface area (Å²) in [6, 6.07) is 0. The Bertz CT molecular complexity index is 212. The van der Waals surface area contributed by atoms with Gasteiger partial charge >= 0.3 is 11.9 Å². The number of carboxylic acid groups (broad SMARTS) is 2. The van der Waals surface area contributed by atoms with Crippen LogP contribution in [0, 0.1) is 0 Å². The molecule has 0 heterocycles. The van der Waals surface area contributed by atoms with E-state index < -0.39 is 22.4 Å². The van der Waals surface area contributed by atoms with Gasteiger partial charge in [-0.15, -0.1) is 0 Å². The highest BCUT2D eigenvalue weighted by Crippen LogP contribution is 2.34. The Hall–Kier alpha value is 0.340. The van der Waals surface area contributed by atoms with Crippen LogP contribution in [0.5, 0.6) is 0 Å². The Morgan fingerprint density at radius 1 is 0.938 bits per heavy atom. The molecule has 94 valence electrons. The van der Waals surface area contributed by atoms with E-state index in [1.807, 2.05) is 0 Å². The Balaban J connectivity index is 4.14. The molecular formula is C8H14O4S4. The number of thiol groups is 2. The standard InChI is InChI=1S/C8H14O4S4/c9-7(10)5(1-3-13)15-16-6(2-4-14)8(11)12/h5-6,13-14H,1-4H2,(H,9,10)(H,11,12). The van der Waals surface area contributed by atoms with E-state index in [0.717, 1.165) is 21.6 Å². The van der Waals surface area contributed by atoms with Crippen molar-refractivity contribution in [1.82, 2.24) is 0 Å². The van der Waals surface area contributed by atoms with E-state index in [-0.39, 0.29) is 0 Å². The number of hydrogen-bond acceptors (Lipinski definition) is 6. The summed E-state index contributed by atoms with van der Waals surface area (Å²) in [5.74, 6) is -0.924. The Kier molecular flexibility index (Phi) is 9.58. The van der Waals surface area contributed by atoms with E-state index in [1.165, 1.54) is 0 Å². The van der Waals surface area contributed by atoms with E-state index >= 15 is 0 Å². The third kappa shape index (κ3) is 6.82. The van der Waals surface area contributed by atoms with Crippen molar-refractivity contribution in [3.05, 3.63) is 0 Å². The largest absolute Gasteiger partial charge is 0.480 e. The Morgan fingerprint density at radius 2 is 1.25 bits per heavy atom. The lowest BCUT2D eigenvalue weighted by Crippen LogP contribution is -2.19. The van der Waals surface area contributed by atoms with Crippen LogP contribution in [-0.4, -0.2) is 44.2 Å². The lowest BCUT2D eigenvalue weighted by atomic mass is 10.3. The van der Waals surface area contributed by atoms with Crippen molar-refractivity contribution in [1.29, 1.82) is 0 Å². The second-order valence-electron chi connectivity index (χ2n) is 2.87. The average Bonchev–Trinajstić information content (AvgIpc) is 2.21. The summed E-state index contributed by atoms with van der Waals surface area (Å²) in [4.78, 5) is 21.6. The molecule has 0 spiro atoms. The highest BCUT2D eigenvalue weighted by molar-refractivity contribution is 8.77. The van der Waals surface area contributed by atoms with Crippen LogP contribution in [-0.2, 0) is 9.59 Å². The zero-order chi connectivity index (χ0) is 12.6. The van der Waals surface area contributed by atoms with Gasteiger partial charge in [0.1, 0.15) is 10.5 Å². The monoisotopic (exact) mass is 302 g/mol. The fraction of sp³-hybridized carbons (Fsp3) is 0.750. The highest BCUT2D eigenvalue weighted by atomic mass is 33.1. The molecule has 0 fully saturated rings. The lowest BCUT2D eigenvalue weighted by molar-refractivity contribution is -0.137. The number of aliphatic carboxylic acids is 2. The van der Waals surface area contributed by atoms with E-state index in [0.29, 0.717) is 24.3 Å². The molecule has 16 heavy (non-hydrogen) atoms. The minimum Gasteiger partial charge on any atom is -0.480 e. The van der Waals surface area contributed by atoms with Crippen molar-refractivity contribution in [2.75, 3.05) is 11.5 Å². The minimum atomic E-state index is -0.929. The molecule has 0 aromatic carbocycles. The van der Waals surface area contributed by atoms with Gasteiger partial charge in [-0.05, 0) is 24.3 Å². The maximum absolute atomic E-state index is 10.8. The zero-order valence-corrected chi connectivity index (χ0v) is 11.8. The fourth-order valence-electron chi connectivity index (χ4n) is 0.794. The van der Waals surface area contributed by atoms with Crippen LogP contribution in [0.1, 0.15) is 12.8 Å². The van der Waals surface area contributed by atoms with Crippen molar-refractivity contribution in [3.8, 4) is 0 Å². The molecule has 0 aliphatic heterocycles. The first-order valence-electron chi connectivity index (χ1n) is 4.52. The SMILES string of the molecule is O=C(O)C(CCS)SSC(CCS)C(=O)O. The van der Waals surface area contributed by atoms with Gasteiger partial charge in [-0.1, -0.05) is 21.6 Å². The molecule has 8 heteroatoms. The van der Waals surface area contributed by atoms with Gasteiger partial charge in [-0.2, -0.15) is 25.3 Å².